The Bertz CT molecular complexity index is 1010. The average molecular weight is 378 g/mol. The number of para-hydroxylation sites is 1. The number of aromatic amines is 1. The van der Waals surface area contributed by atoms with Crippen LogP contribution in [-0.4, -0.2) is 41.4 Å². The topological polar surface area (TPSA) is 69.3 Å². The van der Waals surface area contributed by atoms with E-state index in [0.29, 0.717) is 42.7 Å². The van der Waals surface area contributed by atoms with Gasteiger partial charge in [0.2, 0.25) is 5.91 Å². The molecule has 0 saturated carbocycles. The standard InChI is InChI=1S/C22H26N4O2/c1-4-26(15-16-9-11-17(12-10-16)25(2)3)21(27)14-13-20-23-19-8-6-5-7-18(19)22(28)24-20/h5-12H,4,13-15H2,1-3H3,(H,23,24,28). The molecule has 0 atom stereocenters. The van der Waals surface area contributed by atoms with Gasteiger partial charge in [0.1, 0.15) is 5.82 Å². The van der Waals surface area contributed by atoms with E-state index in [1.165, 1.54) is 0 Å². The molecule has 0 fully saturated rings. The molecule has 2 aromatic carbocycles. The highest BCUT2D eigenvalue weighted by molar-refractivity contribution is 5.78. The predicted molar refractivity (Wildman–Crippen MR) is 113 cm³/mol. The lowest BCUT2D eigenvalue weighted by molar-refractivity contribution is -0.131. The van der Waals surface area contributed by atoms with Gasteiger partial charge >= 0.3 is 0 Å². The van der Waals surface area contributed by atoms with Crippen LogP contribution in [0.1, 0.15) is 24.7 Å². The molecule has 0 saturated heterocycles. The van der Waals surface area contributed by atoms with Crippen molar-refractivity contribution in [2.24, 2.45) is 0 Å². The van der Waals surface area contributed by atoms with Crippen molar-refractivity contribution in [2.75, 3.05) is 25.5 Å². The van der Waals surface area contributed by atoms with Gasteiger partial charge in [0.05, 0.1) is 10.9 Å². The van der Waals surface area contributed by atoms with Crippen molar-refractivity contribution in [1.29, 1.82) is 0 Å². The van der Waals surface area contributed by atoms with Crippen molar-refractivity contribution in [3.05, 3.63) is 70.3 Å². The molecule has 6 heteroatoms. The number of nitrogens with one attached hydrogen (secondary N) is 1. The Balaban J connectivity index is 1.65. The summed E-state index contributed by atoms with van der Waals surface area (Å²) in [5.74, 6) is 0.596. The molecule has 0 aliphatic carbocycles. The summed E-state index contributed by atoms with van der Waals surface area (Å²) in [5, 5.41) is 0.564. The molecule has 28 heavy (non-hydrogen) atoms. The van der Waals surface area contributed by atoms with E-state index >= 15 is 0 Å². The molecule has 0 aliphatic rings. The normalized spacial score (nSPS) is 10.8. The number of aromatic nitrogens is 2. The van der Waals surface area contributed by atoms with Gasteiger partial charge in [-0.1, -0.05) is 24.3 Å². The number of carbonyl (C=O) groups excluding carboxylic acids is 1. The number of H-pyrrole nitrogens is 1. The molecule has 3 rings (SSSR count). The molecule has 1 heterocycles. The lowest BCUT2D eigenvalue weighted by Gasteiger charge is -2.21. The number of fused-ring (bicyclic) bond motifs is 1. The van der Waals surface area contributed by atoms with Gasteiger partial charge in [-0.3, -0.25) is 9.59 Å². The Kier molecular flexibility index (Phi) is 6.09. The number of benzene rings is 2. The van der Waals surface area contributed by atoms with E-state index in [4.69, 9.17) is 0 Å². The lowest BCUT2D eigenvalue weighted by atomic mass is 10.1. The summed E-state index contributed by atoms with van der Waals surface area (Å²) in [6.07, 6.45) is 0.722. The SMILES string of the molecule is CCN(Cc1ccc(N(C)C)cc1)C(=O)CCc1nc2ccccc2c(=O)[nH]1. The molecule has 1 aromatic heterocycles. The number of carbonyl (C=O) groups is 1. The van der Waals surface area contributed by atoms with Crippen molar-refractivity contribution >= 4 is 22.5 Å². The molecule has 1 N–H and O–H groups in total. The largest absolute Gasteiger partial charge is 0.378 e. The summed E-state index contributed by atoms with van der Waals surface area (Å²) >= 11 is 0. The first-order chi connectivity index (χ1) is 13.5. The second-order valence-corrected chi connectivity index (χ2v) is 7.00. The van der Waals surface area contributed by atoms with Crippen molar-refractivity contribution in [1.82, 2.24) is 14.9 Å². The summed E-state index contributed by atoms with van der Waals surface area (Å²) in [4.78, 5) is 36.0. The monoisotopic (exact) mass is 378 g/mol. The van der Waals surface area contributed by atoms with E-state index in [1.807, 2.05) is 61.2 Å². The zero-order chi connectivity index (χ0) is 20.1. The third-order valence-electron chi connectivity index (χ3n) is 4.80. The Hall–Kier alpha value is -3.15. The zero-order valence-electron chi connectivity index (χ0n) is 16.6. The van der Waals surface area contributed by atoms with E-state index in [-0.39, 0.29) is 11.5 Å². The number of hydrogen-bond donors (Lipinski definition) is 1. The Morgan fingerprint density at radius 1 is 1.07 bits per heavy atom. The van der Waals surface area contributed by atoms with Crippen molar-refractivity contribution in [2.45, 2.75) is 26.3 Å². The first kappa shape index (κ1) is 19.6. The molecular formula is C22H26N4O2. The highest BCUT2D eigenvalue weighted by Gasteiger charge is 2.13. The molecular weight excluding hydrogens is 352 g/mol. The highest BCUT2D eigenvalue weighted by Crippen LogP contribution is 2.14. The van der Waals surface area contributed by atoms with Gasteiger partial charge in [-0.05, 0) is 36.8 Å². The Morgan fingerprint density at radius 2 is 1.79 bits per heavy atom. The van der Waals surface area contributed by atoms with Gasteiger partial charge in [-0.2, -0.15) is 0 Å². The maximum Gasteiger partial charge on any atom is 0.258 e. The van der Waals surface area contributed by atoms with Crippen LogP contribution in [0.2, 0.25) is 0 Å². The molecule has 0 unspecified atom stereocenters. The molecule has 3 aromatic rings. The van der Waals surface area contributed by atoms with E-state index in [2.05, 4.69) is 22.1 Å². The summed E-state index contributed by atoms with van der Waals surface area (Å²) in [7, 11) is 4.00. The predicted octanol–water partition coefficient (Wildman–Crippen LogP) is 2.97. The third-order valence-corrected chi connectivity index (χ3v) is 4.80. The quantitative estimate of drug-likeness (QED) is 0.686. The zero-order valence-corrected chi connectivity index (χ0v) is 16.6. The minimum absolute atomic E-state index is 0.0509. The second-order valence-electron chi connectivity index (χ2n) is 7.00. The van der Waals surface area contributed by atoms with Crippen LogP contribution in [0, 0.1) is 0 Å². The van der Waals surface area contributed by atoms with Crippen LogP contribution in [0.4, 0.5) is 5.69 Å². The first-order valence-electron chi connectivity index (χ1n) is 9.50. The van der Waals surface area contributed by atoms with Crippen LogP contribution in [0.5, 0.6) is 0 Å². The van der Waals surface area contributed by atoms with Crippen LogP contribution < -0.4 is 10.5 Å². The van der Waals surface area contributed by atoms with Crippen LogP contribution in [0.3, 0.4) is 0 Å². The summed E-state index contributed by atoms with van der Waals surface area (Å²) < 4.78 is 0. The highest BCUT2D eigenvalue weighted by atomic mass is 16.2. The lowest BCUT2D eigenvalue weighted by Crippen LogP contribution is -2.30. The number of amides is 1. The van der Waals surface area contributed by atoms with Crippen LogP contribution in [0.25, 0.3) is 10.9 Å². The molecule has 1 amide bonds. The van der Waals surface area contributed by atoms with Gasteiger partial charge < -0.3 is 14.8 Å². The molecule has 0 spiro atoms. The summed E-state index contributed by atoms with van der Waals surface area (Å²) in [6, 6.07) is 15.4. The fraction of sp³-hybridized carbons (Fsp3) is 0.318. The summed E-state index contributed by atoms with van der Waals surface area (Å²) in [5.41, 5.74) is 2.71. The van der Waals surface area contributed by atoms with Gasteiger partial charge in [0.15, 0.2) is 0 Å². The summed E-state index contributed by atoms with van der Waals surface area (Å²) in [6.45, 7) is 3.18. The molecule has 0 radical (unpaired) electrons. The second kappa shape index (κ2) is 8.69. The van der Waals surface area contributed by atoms with Gasteiger partial charge in [-0.15, -0.1) is 0 Å². The van der Waals surface area contributed by atoms with Gasteiger partial charge in [0.25, 0.3) is 5.56 Å². The van der Waals surface area contributed by atoms with Crippen molar-refractivity contribution < 1.29 is 4.79 Å². The average Bonchev–Trinajstić information content (AvgIpc) is 2.70. The number of rotatable bonds is 7. The Morgan fingerprint density at radius 3 is 2.46 bits per heavy atom. The van der Waals surface area contributed by atoms with E-state index in [1.54, 1.807) is 6.07 Å². The van der Waals surface area contributed by atoms with Crippen molar-refractivity contribution in [3.8, 4) is 0 Å². The van der Waals surface area contributed by atoms with Gasteiger partial charge in [-0.25, -0.2) is 4.98 Å². The maximum absolute atomic E-state index is 12.7. The fourth-order valence-corrected chi connectivity index (χ4v) is 3.13. The van der Waals surface area contributed by atoms with Gasteiger partial charge in [0, 0.05) is 45.7 Å². The molecule has 0 aliphatic heterocycles. The minimum Gasteiger partial charge on any atom is -0.378 e. The van der Waals surface area contributed by atoms with E-state index in [0.717, 1.165) is 11.3 Å². The molecule has 0 bridgehead atoms. The van der Waals surface area contributed by atoms with Crippen LogP contribution in [0.15, 0.2) is 53.3 Å². The molecule has 146 valence electrons. The first-order valence-corrected chi connectivity index (χ1v) is 9.50. The number of nitrogens with zero attached hydrogens (tertiary/aromatic N) is 3. The Labute approximate surface area is 164 Å². The molecule has 6 nitrogen and oxygen atoms in total. The fourth-order valence-electron chi connectivity index (χ4n) is 3.13. The van der Waals surface area contributed by atoms with Crippen LogP contribution >= 0.6 is 0 Å². The van der Waals surface area contributed by atoms with Crippen molar-refractivity contribution in [3.63, 3.8) is 0 Å². The van der Waals surface area contributed by atoms with Crippen LogP contribution in [-0.2, 0) is 17.8 Å². The minimum atomic E-state index is -0.165. The number of aryl methyl sites for hydroxylation is 1. The number of hydrogen-bond acceptors (Lipinski definition) is 4. The maximum atomic E-state index is 12.7. The third kappa shape index (κ3) is 4.57. The number of anilines is 1. The van der Waals surface area contributed by atoms with E-state index in [9.17, 15) is 9.59 Å². The smallest absolute Gasteiger partial charge is 0.258 e. The van der Waals surface area contributed by atoms with E-state index < -0.39 is 0 Å².